The maximum atomic E-state index is 4.51. The van der Waals surface area contributed by atoms with Crippen molar-refractivity contribution >= 4 is 38.3 Å². The number of rotatable bonds is 1. The molecule has 0 fully saturated rings. The van der Waals surface area contributed by atoms with Gasteiger partial charge in [0.1, 0.15) is 5.69 Å². The number of hydrogen-bond acceptors (Lipinski definition) is 3. The molecule has 1 N–H and O–H groups in total. The van der Waals surface area contributed by atoms with E-state index >= 15 is 0 Å². The number of halogens is 1. The molecule has 3 aromatic rings. The molecule has 0 spiro atoms. The fourth-order valence-corrected chi connectivity index (χ4v) is 2.53. The van der Waals surface area contributed by atoms with E-state index in [0.29, 0.717) is 0 Å². The Morgan fingerprint density at radius 3 is 2.94 bits per heavy atom. The van der Waals surface area contributed by atoms with E-state index in [-0.39, 0.29) is 0 Å². The molecule has 3 rings (SSSR count). The predicted molar refractivity (Wildman–Crippen MR) is 69.6 cm³/mol. The van der Waals surface area contributed by atoms with Gasteiger partial charge in [0.15, 0.2) is 5.82 Å². The van der Waals surface area contributed by atoms with Crippen molar-refractivity contribution < 1.29 is 0 Å². The van der Waals surface area contributed by atoms with Gasteiger partial charge in [-0.05, 0) is 25.1 Å². The molecule has 0 saturated carbocycles. The van der Waals surface area contributed by atoms with Crippen molar-refractivity contribution in [2.24, 2.45) is 0 Å². The minimum atomic E-state index is 0.831. The number of benzene rings is 1. The molecule has 0 atom stereocenters. The van der Waals surface area contributed by atoms with Gasteiger partial charge < -0.3 is 4.98 Å². The van der Waals surface area contributed by atoms with E-state index in [9.17, 15) is 0 Å². The van der Waals surface area contributed by atoms with Gasteiger partial charge in [-0.3, -0.25) is 0 Å². The molecule has 0 radical (unpaired) electrons. The zero-order valence-electron chi connectivity index (χ0n) is 8.49. The van der Waals surface area contributed by atoms with Gasteiger partial charge in [0.05, 0.1) is 16.0 Å². The van der Waals surface area contributed by atoms with Crippen LogP contribution in [0.15, 0.2) is 28.1 Å². The van der Waals surface area contributed by atoms with Gasteiger partial charge in [0, 0.05) is 9.85 Å². The second kappa shape index (κ2) is 3.68. The van der Waals surface area contributed by atoms with Crippen molar-refractivity contribution in [3.8, 4) is 11.5 Å². The Morgan fingerprint density at radius 1 is 1.31 bits per heavy atom. The molecule has 5 heteroatoms. The van der Waals surface area contributed by atoms with Crippen LogP contribution in [0.2, 0.25) is 0 Å². The highest BCUT2D eigenvalue weighted by atomic mass is 79.9. The monoisotopic (exact) mass is 293 g/mol. The third-order valence-electron chi connectivity index (χ3n) is 2.31. The highest BCUT2D eigenvalue weighted by Gasteiger charge is 2.07. The molecule has 0 saturated heterocycles. The first-order valence-corrected chi connectivity index (χ1v) is 6.47. The molecule has 1 aromatic carbocycles. The average Bonchev–Trinajstić information content (AvgIpc) is 2.83. The zero-order valence-corrected chi connectivity index (χ0v) is 10.9. The van der Waals surface area contributed by atoms with Crippen LogP contribution in [0.4, 0.5) is 0 Å². The molecule has 0 unspecified atom stereocenters. The number of nitrogens with zero attached hydrogens (tertiary/aromatic N) is 2. The summed E-state index contributed by atoms with van der Waals surface area (Å²) in [6, 6.07) is 5.99. The maximum absolute atomic E-state index is 4.51. The summed E-state index contributed by atoms with van der Waals surface area (Å²) >= 11 is 5.07. The number of aryl methyl sites for hydroxylation is 1. The van der Waals surface area contributed by atoms with Gasteiger partial charge in [-0.15, -0.1) is 11.3 Å². The van der Waals surface area contributed by atoms with Gasteiger partial charge in [-0.2, -0.15) is 0 Å². The quantitative estimate of drug-likeness (QED) is 0.742. The topological polar surface area (TPSA) is 41.6 Å². The van der Waals surface area contributed by atoms with Crippen LogP contribution in [0.5, 0.6) is 0 Å². The number of aromatic amines is 1. The molecule has 0 aliphatic rings. The van der Waals surface area contributed by atoms with E-state index in [1.807, 2.05) is 30.5 Å². The lowest BCUT2D eigenvalue weighted by atomic mass is 10.3. The van der Waals surface area contributed by atoms with Crippen molar-refractivity contribution in [1.82, 2.24) is 15.0 Å². The van der Waals surface area contributed by atoms with E-state index in [0.717, 1.165) is 32.0 Å². The number of aromatic nitrogens is 3. The third-order valence-corrected chi connectivity index (χ3v) is 3.57. The van der Waals surface area contributed by atoms with Crippen LogP contribution >= 0.6 is 27.3 Å². The van der Waals surface area contributed by atoms with Crippen LogP contribution in [0.3, 0.4) is 0 Å². The SMILES string of the molecule is Cc1nc(-c2nc3ccc(Br)cc3[nH]2)cs1. The average molecular weight is 294 g/mol. The number of H-pyrrole nitrogens is 1. The molecule has 16 heavy (non-hydrogen) atoms. The zero-order chi connectivity index (χ0) is 11.1. The number of fused-ring (bicyclic) bond motifs is 1. The molecule has 0 aliphatic heterocycles. The normalized spacial score (nSPS) is 11.1. The second-order valence-corrected chi connectivity index (χ2v) is 5.48. The standard InChI is InChI=1S/C11H8BrN3S/c1-6-13-10(5-16-6)11-14-8-3-2-7(12)4-9(8)15-11/h2-5H,1H3,(H,14,15). The summed E-state index contributed by atoms with van der Waals surface area (Å²) in [5.41, 5.74) is 2.90. The number of thiazole rings is 1. The fraction of sp³-hybridized carbons (Fsp3) is 0.0909. The Balaban J connectivity index is 2.18. The molecule has 0 aliphatic carbocycles. The van der Waals surface area contributed by atoms with Crippen molar-refractivity contribution in [3.05, 3.63) is 33.1 Å². The first kappa shape index (κ1) is 9.99. The van der Waals surface area contributed by atoms with Gasteiger partial charge in [-0.1, -0.05) is 15.9 Å². The summed E-state index contributed by atoms with van der Waals surface area (Å²) in [6.07, 6.45) is 0. The summed E-state index contributed by atoms with van der Waals surface area (Å²) in [5, 5.41) is 3.07. The van der Waals surface area contributed by atoms with Crippen LogP contribution in [0.25, 0.3) is 22.6 Å². The first-order chi connectivity index (χ1) is 7.72. The lowest BCUT2D eigenvalue weighted by molar-refractivity contribution is 1.23. The van der Waals surface area contributed by atoms with Crippen LogP contribution < -0.4 is 0 Å². The molecular weight excluding hydrogens is 286 g/mol. The Labute approximate surface area is 105 Å². The molecule has 0 amide bonds. The van der Waals surface area contributed by atoms with Crippen molar-refractivity contribution in [2.45, 2.75) is 6.92 Å². The molecule has 0 bridgehead atoms. The van der Waals surface area contributed by atoms with Crippen LogP contribution in [-0.2, 0) is 0 Å². The van der Waals surface area contributed by atoms with Crippen molar-refractivity contribution in [2.75, 3.05) is 0 Å². The molecule has 80 valence electrons. The summed E-state index contributed by atoms with van der Waals surface area (Å²) in [6.45, 7) is 1.99. The van der Waals surface area contributed by atoms with E-state index in [1.165, 1.54) is 0 Å². The van der Waals surface area contributed by atoms with Gasteiger partial charge in [0.25, 0.3) is 0 Å². The first-order valence-electron chi connectivity index (χ1n) is 4.80. The fourth-order valence-electron chi connectivity index (χ4n) is 1.58. The minimum Gasteiger partial charge on any atom is -0.337 e. The van der Waals surface area contributed by atoms with Gasteiger partial charge in [-0.25, -0.2) is 9.97 Å². The van der Waals surface area contributed by atoms with E-state index in [2.05, 4.69) is 30.9 Å². The summed E-state index contributed by atoms with van der Waals surface area (Å²) < 4.78 is 1.05. The number of nitrogens with one attached hydrogen (secondary N) is 1. The Hall–Kier alpha value is -1.20. The highest BCUT2D eigenvalue weighted by molar-refractivity contribution is 9.10. The molecule has 2 aromatic heterocycles. The van der Waals surface area contributed by atoms with E-state index in [1.54, 1.807) is 11.3 Å². The van der Waals surface area contributed by atoms with Crippen molar-refractivity contribution in [1.29, 1.82) is 0 Å². The van der Waals surface area contributed by atoms with Crippen LogP contribution in [0, 0.1) is 6.92 Å². The summed E-state index contributed by atoms with van der Waals surface area (Å²) in [7, 11) is 0. The van der Waals surface area contributed by atoms with E-state index in [4.69, 9.17) is 0 Å². The smallest absolute Gasteiger partial charge is 0.158 e. The molecular formula is C11H8BrN3S. The van der Waals surface area contributed by atoms with E-state index < -0.39 is 0 Å². The van der Waals surface area contributed by atoms with Crippen molar-refractivity contribution in [3.63, 3.8) is 0 Å². The summed E-state index contributed by atoms with van der Waals surface area (Å²) in [4.78, 5) is 12.2. The third kappa shape index (κ3) is 1.66. The predicted octanol–water partition coefficient (Wildman–Crippen LogP) is 3.76. The molecule has 2 heterocycles. The molecule has 3 nitrogen and oxygen atoms in total. The lowest BCUT2D eigenvalue weighted by Crippen LogP contribution is -1.79. The Kier molecular flexibility index (Phi) is 2.29. The van der Waals surface area contributed by atoms with Gasteiger partial charge in [0.2, 0.25) is 0 Å². The maximum Gasteiger partial charge on any atom is 0.158 e. The second-order valence-electron chi connectivity index (χ2n) is 3.50. The van der Waals surface area contributed by atoms with Crippen LogP contribution in [-0.4, -0.2) is 15.0 Å². The Bertz CT molecular complexity index is 656. The lowest BCUT2D eigenvalue weighted by Gasteiger charge is -1.88. The largest absolute Gasteiger partial charge is 0.337 e. The summed E-state index contributed by atoms with van der Waals surface area (Å²) in [5.74, 6) is 0.831. The number of hydrogen-bond donors (Lipinski definition) is 1. The van der Waals surface area contributed by atoms with Gasteiger partial charge >= 0.3 is 0 Å². The highest BCUT2D eigenvalue weighted by Crippen LogP contribution is 2.23. The minimum absolute atomic E-state index is 0.831. The van der Waals surface area contributed by atoms with Crippen LogP contribution in [0.1, 0.15) is 5.01 Å². The Morgan fingerprint density at radius 2 is 2.19 bits per heavy atom. The number of imidazole rings is 1.